The fourth-order valence-corrected chi connectivity index (χ4v) is 7.76. The quantitative estimate of drug-likeness (QED) is 0.162. The molecule has 0 radical (unpaired) electrons. The maximum absolute atomic E-state index is 5.22. The van der Waals surface area contributed by atoms with E-state index in [-0.39, 0.29) is 0 Å². The van der Waals surface area contributed by atoms with E-state index in [2.05, 4.69) is 126 Å². The lowest BCUT2D eigenvalue weighted by atomic mass is 9.97. The molecule has 0 atom stereocenters. The number of para-hydroxylation sites is 2. The molecule has 6 aromatic carbocycles. The smallest absolute Gasteiger partial charge is 0.222 e. The van der Waals surface area contributed by atoms with Crippen LogP contribution >= 0.6 is 11.3 Å². The molecule has 0 spiro atoms. The third kappa shape index (κ3) is 2.54. The van der Waals surface area contributed by atoms with E-state index in [4.69, 9.17) is 4.98 Å². The van der Waals surface area contributed by atoms with E-state index in [0.29, 0.717) is 0 Å². The second kappa shape index (κ2) is 7.41. The van der Waals surface area contributed by atoms with Crippen LogP contribution in [0.25, 0.3) is 80.2 Å². The van der Waals surface area contributed by atoms with Crippen molar-refractivity contribution in [1.82, 2.24) is 9.55 Å². The molecule has 0 aliphatic heterocycles. The first-order valence-electron chi connectivity index (χ1n) is 13.0. The van der Waals surface area contributed by atoms with Gasteiger partial charge >= 0.3 is 0 Å². The summed E-state index contributed by atoms with van der Waals surface area (Å²) in [5, 5.41) is 10.2. The fourth-order valence-electron chi connectivity index (χ4n) is 6.46. The molecular weight excluding hydrogens is 480 g/mol. The van der Waals surface area contributed by atoms with Gasteiger partial charge in [0.25, 0.3) is 0 Å². The molecule has 176 valence electrons. The van der Waals surface area contributed by atoms with Gasteiger partial charge in [-0.1, -0.05) is 97.1 Å². The number of fused-ring (bicyclic) bond motifs is 12. The zero-order valence-corrected chi connectivity index (χ0v) is 21.3. The third-order valence-electron chi connectivity index (χ3n) is 8.00. The van der Waals surface area contributed by atoms with Gasteiger partial charge in [-0.2, -0.15) is 0 Å². The van der Waals surface area contributed by atoms with Crippen LogP contribution in [0.15, 0.2) is 121 Å². The highest BCUT2D eigenvalue weighted by molar-refractivity contribution is 7.26. The van der Waals surface area contributed by atoms with E-state index in [1.165, 1.54) is 80.5 Å². The highest BCUT2D eigenvalue weighted by Gasteiger charge is 2.26. The molecule has 0 bridgehead atoms. The number of nitrogens with zero attached hydrogens (tertiary/aromatic N) is 2. The average Bonchev–Trinajstić information content (AvgIpc) is 3.52. The van der Waals surface area contributed by atoms with Gasteiger partial charge in [0.15, 0.2) is 4.70 Å². The molecule has 3 heterocycles. The van der Waals surface area contributed by atoms with Crippen LogP contribution in [0.5, 0.6) is 0 Å². The van der Waals surface area contributed by atoms with Crippen LogP contribution in [-0.4, -0.2) is 9.55 Å². The van der Waals surface area contributed by atoms with Crippen molar-refractivity contribution in [3.8, 4) is 5.69 Å². The van der Waals surface area contributed by atoms with Gasteiger partial charge in [-0.3, -0.25) is 0 Å². The Hall–Kier alpha value is -4.73. The monoisotopic (exact) mass is 501 g/mol. The molecule has 9 rings (SSSR count). The van der Waals surface area contributed by atoms with Gasteiger partial charge in [0, 0.05) is 21.5 Å². The summed E-state index contributed by atoms with van der Waals surface area (Å²) >= 11 is 1.21. The van der Waals surface area contributed by atoms with Gasteiger partial charge in [0.2, 0.25) is 4.70 Å². The summed E-state index contributed by atoms with van der Waals surface area (Å²) in [6.45, 7) is 0. The number of hydrogen-bond donors (Lipinski definition) is 0. The van der Waals surface area contributed by atoms with Crippen molar-refractivity contribution >= 4 is 85.9 Å². The predicted octanol–water partition coefficient (Wildman–Crippen LogP) is 9.74. The third-order valence-corrected chi connectivity index (χ3v) is 9.28. The van der Waals surface area contributed by atoms with Gasteiger partial charge in [-0.05, 0) is 51.8 Å². The number of rotatable bonds is 1. The first kappa shape index (κ1) is 20.3. The number of benzene rings is 6. The molecule has 3 heteroatoms. The fraction of sp³-hybridized carbons (Fsp3) is 0. The lowest BCUT2D eigenvalue weighted by Crippen LogP contribution is -1.98. The summed E-state index contributed by atoms with van der Waals surface area (Å²) in [4.78, 5) is 5.22. The van der Waals surface area contributed by atoms with Crippen molar-refractivity contribution < 1.29 is 0 Å². The van der Waals surface area contributed by atoms with Gasteiger partial charge in [0.1, 0.15) is 11.2 Å². The van der Waals surface area contributed by atoms with Crippen molar-refractivity contribution in [1.29, 1.82) is 0 Å². The Morgan fingerprint density at radius 2 is 1.08 bits per heavy atom. The van der Waals surface area contributed by atoms with E-state index >= 15 is 0 Å². The summed E-state index contributed by atoms with van der Waals surface area (Å²) in [6, 6.07) is 44.0. The lowest BCUT2D eigenvalue weighted by molar-refractivity contribution is 1.22. The number of thiophene rings is 1. The highest BCUT2D eigenvalue weighted by atomic mass is 32.1. The van der Waals surface area contributed by atoms with Crippen LogP contribution < -0.4 is 0 Å². The van der Waals surface area contributed by atoms with Crippen LogP contribution in [0, 0.1) is 0 Å². The van der Waals surface area contributed by atoms with E-state index in [0.717, 1.165) is 11.0 Å². The van der Waals surface area contributed by atoms with Gasteiger partial charge in [-0.25, -0.2) is 4.98 Å². The molecular formula is C35H21N2S+. The summed E-state index contributed by atoms with van der Waals surface area (Å²) < 4.78 is 5.15. The molecule has 0 aliphatic rings. The minimum atomic E-state index is 1.03. The van der Waals surface area contributed by atoms with Crippen molar-refractivity contribution in [3.05, 3.63) is 121 Å². The Labute approximate surface area is 222 Å². The first-order chi connectivity index (χ1) is 18.9. The van der Waals surface area contributed by atoms with E-state index in [1.807, 2.05) is 0 Å². The highest BCUT2D eigenvalue weighted by Crippen LogP contribution is 2.46. The maximum Gasteiger partial charge on any atom is 0.222 e. The first-order valence-corrected chi connectivity index (χ1v) is 13.8. The summed E-state index contributed by atoms with van der Waals surface area (Å²) in [5.74, 6) is 0. The molecule has 0 fully saturated rings. The Morgan fingerprint density at radius 1 is 0.500 bits per heavy atom. The molecule has 0 unspecified atom stereocenters. The molecule has 0 amide bonds. The minimum Gasteiger partial charge on any atom is -0.303 e. The van der Waals surface area contributed by atoms with Crippen LogP contribution in [0.2, 0.25) is 0 Å². The van der Waals surface area contributed by atoms with Gasteiger partial charge in [-0.15, -0.1) is 0 Å². The number of hydrogen-bond acceptors (Lipinski definition) is 1. The topological polar surface area (TPSA) is 17.8 Å². The second-order valence-electron chi connectivity index (χ2n) is 9.97. The normalized spacial score (nSPS) is 12.2. The molecule has 0 aliphatic carbocycles. The summed E-state index contributed by atoms with van der Waals surface area (Å²) in [7, 11) is 0. The number of pyridine rings is 1. The van der Waals surface area contributed by atoms with Gasteiger partial charge < -0.3 is 4.57 Å². The van der Waals surface area contributed by atoms with Crippen LogP contribution in [-0.2, 0) is 0 Å². The Bertz CT molecular complexity index is 2410. The van der Waals surface area contributed by atoms with Crippen LogP contribution in [0.3, 0.4) is 0 Å². The Kier molecular flexibility index (Phi) is 3.96. The summed E-state index contributed by atoms with van der Waals surface area (Å²) in [5.41, 5.74) is 5.88. The average molecular weight is 502 g/mol. The van der Waals surface area contributed by atoms with E-state index in [9.17, 15) is 0 Å². The molecule has 0 N–H and O–H groups in total. The minimum absolute atomic E-state index is 1.03. The zero-order chi connectivity index (χ0) is 24.8. The molecule has 9 aromatic rings. The second-order valence-corrected chi connectivity index (χ2v) is 11.1. The number of aromatic nitrogens is 2. The molecule has 38 heavy (non-hydrogen) atoms. The molecule has 3 aromatic heterocycles. The van der Waals surface area contributed by atoms with Crippen molar-refractivity contribution in [2.45, 2.75) is 0 Å². The molecule has 0 saturated carbocycles. The van der Waals surface area contributed by atoms with Crippen LogP contribution in [0.1, 0.15) is 0 Å². The maximum atomic E-state index is 5.22. The van der Waals surface area contributed by atoms with Crippen molar-refractivity contribution in [3.63, 3.8) is 0 Å². The molecule has 2 nitrogen and oxygen atoms in total. The summed E-state index contributed by atoms with van der Waals surface area (Å²) in [6.07, 6.45) is 0. The van der Waals surface area contributed by atoms with Crippen molar-refractivity contribution in [2.75, 3.05) is 0 Å². The largest absolute Gasteiger partial charge is 0.303 e. The van der Waals surface area contributed by atoms with E-state index < -0.39 is 0 Å². The Morgan fingerprint density at radius 3 is 1.89 bits per heavy atom. The predicted molar refractivity (Wildman–Crippen MR) is 165 cm³/mol. The molecule has 0 saturated heterocycles. The van der Waals surface area contributed by atoms with E-state index in [1.54, 1.807) is 0 Å². The SMILES string of the molecule is c1ccc2c(-n3c4ccccc4c4c5ccccc5c5ccccc5c43)c3[sH+]c4ccccc4c3nc2c1. The zero-order valence-electron chi connectivity index (χ0n) is 20.4. The van der Waals surface area contributed by atoms with Gasteiger partial charge in [0.05, 0.1) is 21.9 Å². The van der Waals surface area contributed by atoms with Crippen molar-refractivity contribution in [2.24, 2.45) is 0 Å². The Balaban J connectivity index is 1.64. The standard InChI is InChI=1S/C35H20N2S/c1-3-13-23-21(11-1)22-12-2-4-14-24(22)33-31(23)26-16-6-9-19-29(26)37(33)34-25-15-5-8-18-28(25)36-32-27-17-7-10-20-30(27)38-35(32)34/h1-20H/p+1. The lowest BCUT2D eigenvalue weighted by Gasteiger charge is -2.13. The van der Waals surface area contributed by atoms with Crippen LogP contribution in [0.4, 0.5) is 0 Å².